The van der Waals surface area contributed by atoms with E-state index in [1.165, 1.54) is 28.4 Å². The maximum absolute atomic E-state index is 5.93. The molecule has 2 rings (SSSR count). The van der Waals surface area contributed by atoms with Crippen LogP contribution in [0.3, 0.4) is 0 Å². The number of hydrogen-bond donors (Lipinski definition) is 2. The number of nitrogens with two attached hydrogens (primary N) is 2. The molecule has 128 valence electrons. The molecule has 0 radical (unpaired) electrons. The van der Waals surface area contributed by atoms with Gasteiger partial charge in [-0.15, -0.1) is 10.2 Å². The number of azo groups is 1. The second-order valence-corrected chi connectivity index (χ2v) is 4.74. The molecule has 0 aliphatic heterocycles. The van der Waals surface area contributed by atoms with Crippen LogP contribution in [-0.2, 0) is 0 Å². The van der Waals surface area contributed by atoms with E-state index >= 15 is 0 Å². The Labute approximate surface area is 140 Å². The molecule has 24 heavy (non-hydrogen) atoms. The summed E-state index contributed by atoms with van der Waals surface area (Å²) in [6.45, 7) is 0. The summed E-state index contributed by atoms with van der Waals surface area (Å²) in [5, 5.41) is 8.38. The van der Waals surface area contributed by atoms with E-state index in [1.807, 2.05) is 0 Å². The van der Waals surface area contributed by atoms with Gasteiger partial charge in [-0.1, -0.05) is 0 Å². The summed E-state index contributed by atoms with van der Waals surface area (Å²) in [5.41, 5.74) is 13.5. The largest absolute Gasteiger partial charge is 0.497 e. The van der Waals surface area contributed by atoms with Crippen LogP contribution in [0.5, 0.6) is 23.0 Å². The topological polar surface area (TPSA) is 114 Å². The second-order valence-electron chi connectivity index (χ2n) is 4.74. The van der Waals surface area contributed by atoms with Gasteiger partial charge in [-0.3, -0.25) is 0 Å². The highest BCUT2D eigenvalue weighted by molar-refractivity contribution is 5.71. The quantitative estimate of drug-likeness (QED) is 0.619. The van der Waals surface area contributed by atoms with Crippen LogP contribution in [-0.4, -0.2) is 28.4 Å². The smallest absolute Gasteiger partial charge is 0.169 e. The Balaban J connectivity index is 2.51. The normalized spacial score (nSPS) is 10.7. The van der Waals surface area contributed by atoms with Crippen LogP contribution in [0.25, 0.3) is 0 Å². The third-order valence-corrected chi connectivity index (χ3v) is 3.29. The number of hydrogen-bond acceptors (Lipinski definition) is 8. The molecule has 2 aromatic rings. The molecule has 2 aromatic carbocycles. The van der Waals surface area contributed by atoms with Crippen LogP contribution in [0.2, 0.25) is 0 Å². The second kappa shape index (κ2) is 7.40. The minimum Gasteiger partial charge on any atom is -0.497 e. The SMILES string of the molecule is COc1cc(N)c(OC)c(N=Nc2cc(OC)cc(N)c2OC)c1. The maximum atomic E-state index is 5.93. The number of rotatable bonds is 6. The fraction of sp³-hybridized carbons (Fsp3) is 0.250. The van der Waals surface area contributed by atoms with Crippen LogP contribution >= 0.6 is 0 Å². The lowest BCUT2D eigenvalue weighted by Gasteiger charge is -2.11. The zero-order chi connectivity index (χ0) is 17.7. The van der Waals surface area contributed by atoms with Crippen molar-refractivity contribution in [3.63, 3.8) is 0 Å². The Kier molecular flexibility index (Phi) is 5.31. The van der Waals surface area contributed by atoms with Crippen LogP contribution in [0.4, 0.5) is 22.7 Å². The van der Waals surface area contributed by atoms with E-state index in [0.717, 1.165) is 0 Å². The molecular formula is C16H20N4O4. The molecule has 0 saturated heterocycles. The molecule has 0 spiro atoms. The van der Waals surface area contributed by atoms with Gasteiger partial charge in [0.1, 0.15) is 22.9 Å². The van der Waals surface area contributed by atoms with Gasteiger partial charge in [-0.05, 0) is 0 Å². The predicted molar refractivity (Wildman–Crippen MR) is 92.1 cm³/mol. The highest BCUT2D eigenvalue weighted by Crippen LogP contribution is 2.41. The Hall–Kier alpha value is -3.16. The fourth-order valence-corrected chi connectivity index (χ4v) is 2.15. The van der Waals surface area contributed by atoms with Crippen molar-refractivity contribution in [2.24, 2.45) is 10.2 Å². The maximum Gasteiger partial charge on any atom is 0.169 e. The minimum atomic E-state index is 0.392. The standard InChI is InChI=1S/C16H20N4O4/c1-21-9-5-11(17)15(23-3)13(7-9)19-20-14-8-10(22-2)6-12(18)16(14)24-4/h5-8H,17-18H2,1-4H3. The first kappa shape index (κ1) is 17.2. The van der Waals surface area contributed by atoms with E-state index in [1.54, 1.807) is 24.3 Å². The summed E-state index contributed by atoms with van der Waals surface area (Å²) in [4.78, 5) is 0. The Morgan fingerprint density at radius 3 is 1.29 bits per heavy atom. The van der Waals surface area contributed by atoms with Crippen molar-refractivity contribution in [2.75, 3.05) is 39.9 Å². The molecule has 0 aromatic heterocycles. The first-order valence-corrected chi connectivity index (χ1v) is 6.98. The molecule has 4 N–H and O–H groups in total. The molecular weight excluding hydrogens is 312 g/mol. The highest BCUT2D eigenvalue weighted by atomic mass is 16.5. The van der Waals surface area contributed by atoms with Crippen LogP contribution in [0.1, 0.15) is 0 Å². The van der Waals surface area contributed by atoms with E-state index in [4.69, 9.17) is 30.4 Å². The highest BCUT2D eigenvalue weighted by Gasteiger charge is 2.12. The average molecular weight is 332 g/mol. The Morgan fingerprint density at radius 2 is 1.00 bits per heavy atom. The number of nitrogen functional groups attached to an aromatic ring is 2. The summed E-state index contributed by atoms with van der Waals surface area (Å²) >= 11 is 0. The van der Waals surface area contributed by atoms with Crippen molar-refractivity contribution in [3.8, 4) is 23.0 Å². The van der Waals surface area contributed by atoms with Gasteiger partial charge in [0.15, 0.2) is 11.5 Å². The summed E-state index contributed by atoms with van der Waals surface area (Å²) in [5.74, 6) is 1.88. The van der Waals surface area contributed by atoms with Gasteiger partial charge in [0.2, 0.25) is 0 Å². The molecule has 8 nitrogen and oxygen atoms in total. The molecule has 0 aliphatic carbocycles. The van der Waals surface area contributed by atoms with E-state index < -0.39 is 0 Å². The first-order valence-electron chi connectivity index (χ1n) is 6.98. The summed E-state index contributed by atoms with van der Waals surface area (Å²) in [6.07, 6.45) is 0. The van der Waals surface area contributed by atoms with Gasteiger partial charge >= 0.3 is 0 Å². The lowest BCUT2D eigenvalue weighted by atomic mass is 10.2. The first-order chi connectivity index (χ1) is 11.5. The lowest BCUT2D eigenvalue weighted by Crippen LogP contribution is -1.95. The molecule has 0 bridgehead atoms. The van der Waals surface area contributed by atoms with E-state index in [-0.39, 0.29) is 0 Å². The fourth-order valence-electron chi connectivity index (χ4n) is 2.15. The molecule has 0 unspecified atom stereocenters. The molecule has 0 atom stereocenters. The minimum absolute atomic E-state index is 0.392. The predicted octanol–water partition coefficient (Wildman–Crippen LogP) is 3.30. The summed E-state index contributed by atoms with van der Waals surface area (Å²) < 4.78 is 20.9. The number of benzene rings is 2. The monoisotopic (exact) mass is 332 g/mol. The van der Waals surface area contributed by atoms with Crippen LogP contribution < -0.4 is 30.4 Å². The van der Waals surface area contributed by atoms with Crippen molar-refractivity contribution in [1.82, 2.24) is 0 Å². The van der Waals surface area contributed by atoms with Crippen LogP contribution in [0, 0.1) is 0 Å². The van der Waals surface area contributed by atoms with E-state index in [2.05, 4.69) is 10.2 Å². The van der Waals surface area contributed by atoms with E-state index in [9.17, 15) is 0 Å². The Morgan fingerprint density at radius 1 is 0.625 bits per heavy atom. The summed E-state index contributed by atoms with van der Waals surface area (Å²) in [7, 11) is 6.07. The number of nitrogens with zero attached hydrogens (tertiary/aromatic N) is 2. The molecule has 0 fully saturated rings. The molecule has 0 amide bonds. The average Bonchev–Trinajstić information content (AvgIpc) is 2.58. The van der Waals surface area contributed by atoms with E-state index in [0.29, 0.717) is 45.7 Å². The number of ether oxygens (including phenoxy) is 4. The number of anilines is 2. The third kappa shape index (κ3) is 3.43. The van der Waals surface area contributed by atoms with Crippen molar-refractivity contribution in [2.45, 2.75) is 0 Å². The zero-order valence-corrected chi connectivity index (χ0v) is 14.0. The van der Waals surface area contributed by atoms with Gasteiger partial charge in [-0.25, -0.2) is 0 Å². The van der Waals surface area contributed by atoms with Gasteiger partial charge < -0.3 is 30.4 Å². The lowest BCUT2D eigenvalue weighted by molar-refractivity contribution is 0.404. The summed E-state index contributed by atoms with van der Waals surface area (Å²) in [6, 6.07) is 6.60. The van der Waals surface area contributed by atoms with Gasteiger partial charge in [0, 0.05) is 24.3 Å². The van der Waals surface area contributed by atoms with Gasteiger partial charge in [0.05, 0.1) is 39.8 Å². The number of methoxy groups -OCH3 is 4. The third-order valence-electron chi connectivity index (χ3n) is 3.29. The van der Waals surface area contributed by atoms with Gasteiger partial charge in [0.25, 0.3) is 0 Å². The van der Waals surface area contributed by atoms with Crippen molar-refractivity contribution in [3.05, 3.63) is 24.3 Å². The van der Waals surface area contributed by atoms with Crippen molar-refractivity contribution >= 4 is 22.7 Å². The molecule has 0 heterocycles. The zero-order valence-electron chi connectivity index (χ0n) is 14.0. The van der Waals surface area contributed by atoms with Gasteiger partial charge in [-0.2, -0.15) is 0 Å². The molecule has 0 saturated carbocycles. The van der Waals surface area contributed by atoms with Crippen molar-refractivity contribution < 1.29 is 18.9 Å². The van der Waals surface area contributed by atoms with Crippen LogP contribution in [0.15, 0.2) is 34.5 Å². The molecule has 8 heteroatoms. The Bertz CT molecular complexity index is 699. The molecule has 0 aliphatic rings. The van der Waals surface area contributed by atoms with Crippen molar-refractivity contribution in [1.29, 1.82) is 0 Å².